The quantitative estimate of drug-likeness (QED) is 0.446. The molecule has 0 N–H and O–H groups in total. The van der Waals surface area contributed by atoms with Gasteiger partial charge in [0, 0.05) is 37.6 Å². The monoisotopic (exact) mass is 434 g/mol. The number of carbonyl (C=O) groups is 2. The van der Waals surface area contributed by atoms with Crippen LogP contribution in [0, 0.1) is 19.8 Å². The Balaban J connectivity index is 2.05. The Morgan fingerprint density at radius 3 is 2.23 bits per heavy atom. The molecule has 0 spiro atoms. The first-order chi connectivity index (χ1) is 13.9. The van der Waals surface area contributed by atoms with E-state index >= 15 is 0 Å². The summed E-state index contributed by atoms with van der Waals surface area (Å²) in [4.78, 5) is 24.9. The van der Waals surface area contributed by atoms with E-state index in [1.54, 1.807) is 0 Å². The lowest BCUT2D eigenvalue weighted by atomic mass is 10.1. The van der Waals surface area contributed by atoms with Gasteiger partial charge in [-0.3, -0.25) is 4.79 Å². The summed E-state index contributed by atoms with van der Waals surface area (Å²) in [5, 5.41) is 0. The summed E-state index contributed by atoms with van der Waals surface area (Å²) in [6, 6.07) is 7.26. The first-order valence-electron chi connectivity index (χ1n) is 9.84. The highest BCUT2D eigenvalue weighted by molar-refractivity contribution is 7.89. The fourth-order valence-electron chi connectivity index (χ4n) is 3.08. The minimum atomic E-state index is -3.57. The van der Waals surface area contributed by atoms with E-state index in [0.717, 1.165) is 28.7 Å². The Morgan fingerprint density at radius 1 is 1.10 bits per heavy atom. The van der Waals surface area contributed by atoms with Gasteiger partial charge < -0.3 is 9.30 Å². The van der Waals surface area contributed by atoms with Gasteiger partial charge in [0.05, 0.1) is 10.5 Å². The molecule has 0 aliphatic carbocycles. The molecule has 2 aromatic rings. The molecule has 0 aliphatic heterocycles. The number of sulfonamides is 1. The maximum Gasteiger partial charge on any atom is 0.338 e. The predicted octanol–water partition coefficient (Wildman–Crippen LogP) is 3.44. The van der Waals surface area contributed by atoms with Gasteiger partial charge >= 0.3 is 5.97 Å². The topological polar surface area (TPSA) is 85.7 Å². The van der Waals surface area contributed by atoms with Crippen molar-refractivity contribution >= 4 is 21.8 Å². The number of carbonyl (C=O) groups excluding carboxylic acids is 2. The van der Waals surface area contributed by atoms with E-state index in [0.29, 0.717) is 11.5 Å². The van der Waals surface area contributed by atoms with Gasteiger partial charge in [0.15, 0.2) is 6.61 Å². The van der Waals surface area contributed by atoms with E-state index in [9.17, 15) is 18.0 Å². The van der Waals surface area contributed by atoms with Crippen LogP contribution in [-0.2, 0) is 21.3 Å². The molecular formula is C22H30N2O5S. The van der Waals surface area contributed by atoms with Crippen LogP contribution in [0.15, 0.2) is 35.2 Å². The number of hydrogen-bond acceptors (Lipinski definition) is 5. The van der Waals surface area contributed by atoms with Gasteiger partial charge in [-0.25, -0.2) is 17.5 Å². The molecule has 1 aromatic carbocycles. The SMILES string of the molecule is Cc1cc(C(=O)COC(=O)c2ccc(S(=O)(=O)N(C)C)cc2)c(C)n1CCC(C)C. The lowest BCUT2D eigenvalue weighted by Crippen LogP contribution is -2.22. The number of esters is 1. The molecular weight excluding hydrogens is 404 g/mol. The van der Waals surface area contributed by atoms with E-state index in [-0.39, 0.29) is 22.8 Å². The molecule has 0 atom stereocenters. The van der Waals surface area contributed by atoms with Crippen LogP contribution in [0.2, 0.25) is 0 Å². The predicted molar refractivity (Wildman–Crippen MR) is 115 cm³/mol. The van der Waals surface area contributed by atoms with Crippen LogP contribution < -0.4 is 0 Å². The summed E-state index contributed by atoms with van der Waals surface area (Å²) in [5.74, 6) is -0.379. The molecule has 0 saturated heterocycles. The minimum Gasteiger partial charge on any atom is -0.454 e. The molecule has 2 rings (SSSR count). The van der Waals surface area contributed by atoms with Gasteiger partial charge in [-0.1, -0.05) is 13.8 Å². The lowest BCUT2D eigenvalue weighted by Gasteiger charge is -2.12. The first-order valence-corrected chi connectivity index (χ1v) is 11.3. The molecule has 0 bridgehead atoms. The van der Waals surface area contributed by atoms with Crippen molar-refractivity contribution in [3.05, 3.63) is 52.8 Å². The normalized spacial score (nSPS) is 11.9. The molecule has 0 saturated carbocycles. The number of ketones is 1. The smallest absolute Gasteiger partial charge is 0.338 e. The van der Waals surface area contributed by atoms with Gasteiger partial charge in [0.25, 0.3) is 0 Å². The Kier molecular flexibility index (Phi) is 7.60. The van der Waals surface area contributed by atoms with Gasteiger partial charge in [-0.05, 0) is 56.5 Å². The van der Waals surface area contributed by atoms with Crippen LogP contribution >= 0.6 is 0 Å². The van der Waals surface area contributed by atoms with Crippen molar-refractivity contribution in [3.8, 4) is 0 Å². The fourth-order valence-corrected chi connectivity index (χ4v) is 3.98. The van der Waals surface area contributed by atoms with Crippen molar-refractivity contribution in [1.29, 1.82) is 0 Å². The maximum atomic E-state index is 12.6. The standard InChI is InChI=1S/C22H30N2O5S/c1-15(2)11-12-24-16(3)13-20(17(24)4)21(25)14-29-22(26)18-7-9-19(10-8-18)30(27,28)23(5)6/h7-10,13,15H,11-12,14H2,1-6H3. The fraction of sp³-hybridized carbons (Fsp3) is 0.455. The average molecular weight is 435 g/mol. The van der Waals surface area contributed by atoms with Crippen molar-refractivity contribution in [2.24, 2.45) is 5.92 Å². The number of nitrogens with zero attached hydrogens (tertiary/aromatic N) is 2. The molecule has 0 radical (unpaired) electrons. The first kappa shape index (κ1) is 23.8. The number of ether oxygens (including phenoxy) is 1. The summed E-state index contributed by atoms with van der Waals surface area (Å²) in [6.45, 7) is 8.63. The Labute approximate surface area is 178 Å². The van der Waals surface area contributed by atoms with Crippen LogP contribution in [0.25, 0.3) is 0 Å². The number of hydrogen-bond donors (Lipinski definition) is 0. The highest BCUT2D eigenvalue weighted by Gasteiger charge is 2.20. The van der Waals surface area contributed by atoms with Gasteiger partial charge in [-0.15, -0.1) is 0 Å². The summed E-state index contributed by atoms with van der Waals surface area (Å²) < 4.78 is 32.6. The van der Waals surface area contributed by atoms with E-state index in [1.165, 1.54) is 38.4 Å². The molecule has 0 aliphatic rings. The maximum absolute atomic E-state index is 12.6. The Morgan fingerprint density at radius 2 is 1.70 bits per heavy atom. The highest BCUT2D eigenvalue weighted by atomic mass is 32.2. The molecule has 0 fully saturated rings. The third-order valence-corrected chi connectivity index (χ3v) is 6.84. The third kappa shape index (κ3) is 5.37. The van der Waals surface area contributed by atoms with Crippen molar-refractivity contribution < 1.29 is 22.7 Å². The van der Waals surface area contributed by atoms with Gasteiger partial charge in [-0.2, -0.15) is 0 Å². The van der Waals surface area contributed by atoms with E-state index in [2.05, 4.69) is 18.4 Å². The van der Waals surface area contributed by atoms with E-state index in [1.807, 2.05) is 19.9 Å². The molecule has 7 nitrogen and oxygen atoms in total. The van der Waals surface area contributed by atoms with Gasteiger partial charge in [0.2, 0.25) is 15.8 Å². The van der Waals surface area contributed by atoms with E-state index in [4.69, 9.17) is 4.74 Å². The third-order valence-electron chi connectivity index (χ3n) is 5.01. The van der Waals surface area contributed by atoms with Crippen molar-refractivity contribution in [3.63, 3.8) is 0 Å². The van der Waals surface area contributed by atoms with Crippen LogP contribution in [0.4, 0.5) is 0 Å². The average Bonchev–Trinajstić information content (AvgIpc) is 2.97. The minimum absolute atomic E-state index is 0.0777. The zero-order chi connectivity index (χ0) is 22.6. The number of Topliss-reactive ketones (excluding diaryl/α,β-unsaturated/α-hetero) is 1. The van der Waals surface area contributed by atoms with Crippen molar-refractivity contribution in [2.75, 3.05) is 20.7 Å². The number of benzene rings is 1. The van der Waals surface area contributed by atoms with Gasteiger partial charge in [0.1, 0.15) is 0 Å². The lowest BCUT2D eigenvalue weighted by molar-refractivity contribution is 0.0474. The van der Waals surface area contributed by atoms with Crippen LogP contribution in [-0.4, -0.2) is 49.7 Å². The molecule has 0 unspecified atom stereocenters. The largest absolute Gasteiger partial charge is 0.454 e. The molecule has 1 heterocycles. The molecule has 8 heteroatoms. The van der Waals surface area contributed by atoms with E-state index < -0.39 is 16.0 Å². The van der Waals surface area contributed by atoms with Crippen LogP contribution in [0.3, 0.4) is 0 Å². The van der Waals surface area contributed by atoms with Crippen LogP contribution in [0.1, 0.15) is 52.4 Å². The number of aromatic nitrogens is 1. The Bertz CT molecular complexity index is 1020. The molecule has 0 amide bonds. The zero-order valence-corrected chi connectivity index (χ0v) is 19.2. The summed E-state index contributed by atoms with van der Waals surface area (Å²) in [7, 11) is -0.706. The number of rotatable bonds is 9. The van der Waals surface area contributed by atoms with Crippen LogP contribution in [0.5, 0.6) is 0 Å². The summed E-state index contributed by atoms with van der Waals surface area (Å²) in [6.07, 6.45) is 1.01. The zero-order valence-electron chi connectivity index (χ0n) is 18.4. The van der Waals surface area contributed by atoms with Crippen molar-refractivity contribution in [2.45, 2.75) is 45.6 Å². The second kappa shape index (κ2) is 9.57. The summed E-state index contributed by atoms with van der Waals surface area (Å²) >= 11 is 0. The summed E-state index contributed by atoms with van der Waals surface area (Å²) in [5.41, 5.74) is 2.60. The number of aryl methyl sites for hydroxylation is 1. The molecule has 164 valence electrons. The highest BCUT2D eigenvalue weighted by Crippen LogP contribution is 2.18. The second-order valence-corrected chi connectivity index (χ2v) is 10.1. The second-order valence-electron chi connectivity index (χ2n) is 7.93. The van der Waals surface area contributed by atoms with Crippen molar-refractivity contribution in [1.82, 2.24) is 8.87 Å². The molecule has 30 heavy (non-hydrogen) atoms. The molecule has 1 aromatic heterocycles. The Hall–Kier alpha value is -2.45.